The van der Waals surface area contributed by atoms with Crippen molar-refractivity contribution in [2.24, 2.45) is 0 Å². The maximum absolute atomic E-state index is 12.0. The van der Waals surface area contributed by atoms with Gasteiger partial charge in [0, 0.05) is 0 Å². The lowest BCUT2D eigenvalue weighted by Crippen LogP contribution is -2.29. The minimum Gasteiger partial charge on any atom is -0.462 e. The van der Waals surface area contributed by atoms with E-state index in [9.17, 15) is 18.0 Å². The van der Waals surface area contributed by atoms with E-state index in [1.807, 2.05) is 0 Å². The molecule has 0 saturated carbocycles. The number of carbonyl (C=O) groups excluding carboxylic acids is 2. The predicted octanol–water partition coefficient (Wildman–Crippen LogP) is 1.38. The third-order valence-corrected chi connectivity index (χ3v) is 3.15. The molecule has 0 aliphatic carbocycles. The lowest BCUT2D eigenvalue weighted by molar-refractivity contribution is 0.0527. The zero-order valence-electron chi connectivity index (χ0n) is 14.9. The van der Waals surface area contributed by atoms with Crippen LogP contribution >= 0.6 is 0 Å². The van der Waals surface area contributed by atoms with Crippen molar-refractivity contribution in [1.29, 1.82) is 0 Å². The molecular formula is C14H23N3O7S. The summed E-state index contributed by atoms with van der Waals surface area (Å²) in [5, 5.41) is 6.40. The lowest BCUT2D eigenvalue weighted by Gasteiger charge is -2.20. The topological polar surface area (TPSA) is 126 Å². The number of hydrogen-bond acceptors (Lipinski definition) is 8. The summed E-state index contributed by atoms with van der Waals surface area (Å²) in [6.07, 6.45) is 1.34. The first kappa shape index (κ1) is 20.9. The van der Waals surface area contributed by atoms with Crippen LogP contribution in [0.4, 0.5) is 10.6 Å². The average molecular weight is 377 g/mol. The summed E-state index contributed by atoms with van der Waals surface area (Å²) in [5.41, 5.74) is -0.717. The summed E-state index contributed by atoms with van der Waals surface area (Å²) in [6.45, 7) is 6.63. The molecule has 0 spiro atoms. The van der Waals surface area contributed by atoms with Gasteiger partial charge in [0.15, 0.2) is 0 Å². The van der Waals surface area contributed by atoms with E-state index < -0.39 is 27.8 Å². The van der Waals surface area contributed by atoms with Crippen molar-refractivity contribution in [1.82, 2.24) is 9.78 Å². The molecule has 1 aromatic heterocycles. The number of nitrogens with one attached hydrogen (secondary N) is 1. The van der Waals surface area contributed by atoms with Gasteiger partial charge in [0.25, 0.3) is 10.1 Å². The van der Waals surface area contributed by atoms with Gasteiger partial charge in [-0.1, -0.05) is 0 Å². The normalized spacial score (nSPS) is 11.9. The number of esters is 1. The van der Waals surface area contributed by atoms with E-state index in [1.165, 1.54) is 10.9 Å². The van der Waals surface area contributed by atoms with Gasteiger partial charge in [-0.3, -0.25) is 9.50 Å². The highest BCUT2D eigenvalue weighted by Crippen LogP contribution is 2.18. The Morgan fingerprint density at radius 1 is 1.32 bits per heavy atom. The average Bonchev–Trinajstić information content (AvgIpc) is 2.78. The Kier molecular flexibility index (Phi) is 6.94. The van der Waals surface area contributed by atoms with Gasteiger partial charge in [-0.25, -0.2) is 14.3 Å². The number of amides is 1. The molecule has 0 fully saturated rings. The van der Waals surface area contributed by atoms with Gasteiger partial charge in [0.1, 0.15) is 17.0 Å². The van der Waals surface area contributed by atoms with Crippen LogP contribution in [0.15, 0.2) is 6.20 Å². The molecular weight excluding hydrogens is 354 g/mol. The lowest BCUT2D eigenvalue weighted by atomic mass is 10.2. The fourth-order valence-corrected chi connectivity index (χ4v) is 2.10. The number of nitrogens with zero attached hydrogens (tertiary/aromatic N) is 2. The molecule has 0 atom stereocenters. The van der Waals surface area contributed by atoms with E-state index in [4.69, 9.17) is 9.47 Å². The van der Waals surface area contributed by atoms with E-state index >= 15 is 0 Å². The van der Waals surface area contributed by atoms with Gasteiger partial charge in [0.2, 0.25) is 0 Å². The first-order valence-electron chi connectivity index (χ1n) is 7.50. The Labute approximate surface area is 146 Å². The Morgan fingerprint density at radius 3 is 2.48 bits per heavy atom. The largest absolute Gasteiger partial charge is 0.462 e. The van der Waals surface area contributed by atoms with E-state index in [1.54, 1.807) is 27.7 Å². The maximum Gasteiger partial charge on any atom is 0.413 e. The van der Waals surface area contributed by atoms with Gasteiger partial charge >= 0.3 is 12.1 Å². The molecule has 1 amide bonds. The number of ether oxygens (including phenoxy) is 2. The summed E-state index contributed by atoms with van der Waals surface area (Å²) in [6, 6.07) is 0. The fourth-order valence-electron chi connectivity index (χ4n) is 1.72. The van der Waals surface area contributed by atoms with Crippen molar-refractivity contribution in [3.8, 4) is 0 Å². The zero-order chi connectivity index (χ0) is 19.3. The molecule has 0 unspecified atom stereocenters. The first-order valence-corrected chi connectivity index (χ1v) is 9.32. The third kappa shape index (κ3) is 7.52. The second-order valence-electron chi connectivity index (χ2n) is 6.00. The first-order chi connectivity index (χ1) is 11.4. The molecule has 1 N–H and O–H groups in total. The maximum atomic E-state index is 12.0. The van der Waals surface area contributed by atoms with Gasteiger partial charge in [-0.15, -0.1) is 0 Å². The highest BCUT2D eigenvalue weighted by atomic mass is 32.2. The number of rotatable bonds is 7. The summed E-state index contributed by atoms with van der Waals surface area (Å²) >= 11 is 0. The Bertz CT molecular complexity index is 719. The summed E-state index contributed by atoms with van der Waals surface area (Å²) in [4.78, 5) is 24.0. The molecule has 0 aliphatic rings. The second kappa shape index (κ2) is 8.30. The molecule has 0 aliphatic heterocycles. The Balaban J connectivity index is 3.00. The molecule has 11 heteroatoms. The minimum atomic E-state index is -3.62. The monoisotopic (exact) mass is 377 g/mol. The second-order valence-corrected chi connectivity index (χ2v) is 7.65. The van der Waals surface area contributed by atoms with Gasteiger partial charge < -0.3 is 9.47 Å². The van der Waals surface area contributed by atoms with Crippen LogP contribution in [0.25, 0.3) is 0 Å². The highest BCUT2D eigenvalue weighted by Gasteiger charge is 2.23. The molecule has 10 nitrogen and oxygen atoms in total. The molecule has 0 saturated heterocycles. The van der Waals surface area contributed by atoms with Crippen LogP contribution in [0.2, 0.25) is 0 Å². The van der Waals surface area contributed by atoms with Gasteiger partial charge in [-0.2, -0.15) is 13.5 Å². The molecule has 25 heavy (non-hydrogen) atoms. The number of hydrogen-bond donors (Lipinski definition) is 1. The summed E-state index contributed by atoms with van der Waals surface area (Å²) in [5.74, 6) is -0.645. The van der Waals surface area contributed by atoms with Crippen LogP contribution in [0.5, 0.6) is 0 Å². The van der Waals surface area contributed by atoms with Crippen LogP contribution in [-0.2, 0) is 30.3 Å². The van der Waals surface area contributed by atoms with Crippen molar-refractivity contribution in [2.75, 3.05) is 24.8 Å². The van der Waals surface area contributed by atoms with Crippen molar-refractivity contribution < 1.29 is 31.7 Å². The third-order valence-electron chi connectivity index (χ3n) is 2.55. The smallest absolute Gasteiger partial charge is 0.413 e. The SMILES string of the molecule is CCOC(=O)c1cnn(CCOS(C)(=O)=O)c1NC(=O)OC(C)(C)C. The molecule has 1 aromatic rings. The molecule has 1 heterocycles. The molecule has 1 rings (SSSR count). The molecule has 0 radical (unpaired) electrons. The number of aromatic nitrogens is 2. The van der Waals surface area contributed by atoms with Crippen molar-refractivity contribution >= 4 is 28.0 Å². The van der Waals surface area contributed by atoms with Gasteiger partial charge in [0.05, 0.1) is 32.2 Å². The number of carbonyl (C=O) groups is 2. The van der Waals surface area contributed by atoms with Crippen LogP contribution in [0, 0.1) is 0 Å². The predicted molar refractivity (Wildman–Crippen MR) is 88.8 cm³/mol. The highest BCUT2D eigenvalue weighted by molar-refractivity contribution is 7.85. The Morgan fingerprint density at radius 2 is 1.96 bits per heavy atom. The standard InChI is InChI=1S/C14H23N3O7S/c1-6-22-12(18)10-9-15-17(7-8-23-25(5,20)21)11(10)16-13(19)24-14(2,3)4/h9H,6-8H2,1-5H3,(H,16,19). The molecule has 0 bridgehead atoms. The van der Waals surface area contributed by atoms with Crippen LogP contribution < -0.4 is 5.32 Å². The quantitative estimate of drug-likeness (QED) is 0.558. The van der Waals surface area contributed by atoms with Crippen molar-refractivity contribution in [3.05, 3.63) is 11.8 Å². The zero-order valence-corrected chi connectivity index (χ0v) is 15.7. The van der Waals surface area contributed by atoms with Crippen LogP contribution in [0.1, 0.15) is 38.1 Å². The fraction of sp³-hybridized carbons (Fsp3) is 0.643. The number of anilines is 1. The summed E-state index contributed by atoms with van der Waals surface area (Å²) < 4.78 is 38.0. The van der Waals surface area contributed by atoms with Crippen LogP contribution in [-0.4, -0.2) is 55.3 Å². The van der Waals surface area contributed by atoms with Crippen molar-refractivity contribution in [3.63, 3.8) is 0 Å². The van der Waals surface area contributed by atoms with E-state index in [0.29, 0.717) is 0 Å². The van der Waals surface area contributed by atoms with Crippen molar-refractivity contribution in [2.45, 2.75) is 39.8 Å². The van der Waals surface area contributed by atoms with E-state index in [2.05, 4.69) is 14.6 Å². The van der Waals surface area contributed by atoms with Gasteiger partial charge in [-0.05, 0) is 27.7 Å². The summed E-state index contributed by atoms with van der Waals surface area (Å²) in [7, 11) is -3.62. The van der Waals surface area contributed by atoms with E-state index in [-0.39, 0.29) is 31.1 Å². The Hall–Kier alpha value is -2.14. The van der Waals surface area contributed by atoms with E-state index in [0.717, 1.165) is 6.26 Å². The molecule has 142 valence electrons. The van der Waals surface area contributed by atoms with Crippen LogP contribution in [0.3, 0.4) is 0 Å². The molecule has 0 aromatic carbocycles. The minimum absolute atomic E-state index is 0.0163.